The number of hydrogen-bond donors (Lipinski definition) is 1. The summed E-state index contributed by atoms with van der Waals surface area (Å²) in [6.07, 6.45) is 3.32. The molecule has 1 amide bonds. The van der Waals surface area contributed by atoms with Gasteiger partial charge in [-0.25, -0.2) is 13.4 Å². The summed E-state index contributed by atoms with van der Waals surface area (Å²) in [5.41, 5.74) is 1.16. The lowest BCUT2D eigenvalue weighted by Gasteiger charge is -2.30. The van der Waals surface area contributed by atoms with Gasteiger partial charge in [-0.15, -0.1) is 0 Å². The molecular formula is C20H27BrN4O3S. The number of imidazole rings is 1. The lowest BCUT2D eigenvalue weighted by atomic mass is 9.96. The molecule has 158 valence electrons. The molecule has 1 aliphatic heterocycles. The van der Waals surface area contributed by atoms with Crippen molar-refractivity contribution in [1.82, 2.24) is 19.2 Å². The van der Waals surface area contributed by atoms with Gasteiger partial charge in [0.25, 0.3) is 10.0 Å². The van der Waals surface area contributed by atoms with Crippen LogP contribution in [-0.2, 0) is 28.3 Å². The lowest BCUT2D eigenvalue weighted by Crippen LogP contribution is -2.45. The first-order valence-electron chi connectivity index (χ1n) is 9.71. The van der Waals surface area contributed by atoms with E-state index in [4.69, 9.17) is 0 Å². The number of nitrogens with zero attached hydrogens (tertiary/aromatic N) is 3. The zero-order valence-electron chi connectivity index (χ0n) is 16.9. The van der Waals surface area contributed by atoms with Gasteiger partial charge in [0.05, 0.1) is 0 Å². The number of benzene rings is 1. The molecule has 1 atom stereocenters. The smallest absolute Gasteiger partial charge is 0.262 e. The molecule has 9 heteroatoms. The van der Waals surface area contributed by atoms with Crippen LogP contribution in [0.15, 0.2) is 40.0 Å². The maximum atomic E-state index is 12.8. The Kier molecular flexibility index (Phi) is 6.80. The van der Waals surface area contributed by atoms with E-state index < -0.39 is 10.0 Å². The first-order valence-corrected chi connectivity index (χ1v) is 11.9. The van der Waals surface area contributed by atoms with Crippen LogP contribution >= 0.6 is 15.9 Å². The van der Waals surface area contributed by atoms with E-state index in [-0.39, 0.29) is 22.9 Å². The van der Waals surface area contributed by atoms with E-state index in [0.717, 1.165) is 16.5 Å². The summed E-state index contributed by atoms with van der Waals surface area (Å²) in [5, 5.41) is 3.15. The normalized spacial score (nSPS) is 17.2. The van der Waals surface area contributed by atoms with Crippen molar-refractivity contribution in [2.45, 2.75) is 44.2 Å². The highest BCUT2D eigenvalue weighted by Gasteiger charge is 2.33. The topological polar surface area (TPSA) is 84.3 Å². The fraction of sp³-hybridized carbons (Fsp3) is 0.500. The Morgan fingerprint density at radius 1 is 1.28 bits per heavy atom. The van der Waals surface area contributed by atoms with Gasteiger partial charge in [0.15, 0.2) is 5.03 Å². The molecule has 1 unspecified atom stereocenters. The Balaban J connectivity index is 1.53. The van der Waals surface area contributed by atoms with Gasteiger partial charge >= 0.3 is 0 Å². The molecule has 1 fully saturated rings. The number of piperidine rings is 1. The maximum absolute atomic E-state index is 12.8. The fourth-order valence-electron chi connectivity index (χ4n) is 3.53. The molecule has 1 aliphatic rings. The van der Waals surface area contributed by atoms with Gasteiger partial charge in [-0.2, -0.15) is 4.31 Å². The number of aryl methyl sites for hydroxylation is 2. The highest BCUT2D eigenvalue weighted by molar-refractivity contribution is 9.10. The van der Waals surface area contributed by atoms with Crippen LogP contribution in [0.3, 0.4) is 0 Å². The van der Waals surface area contributed by atoms with E-state index in [2.05, 4.69) is 26.2 Å². The molecule has 0 radical (unpaired) electrons. The average Bonchev–Trinajstić information content (AvgIpc) is 3.03. The Labute approximate surface area is 180 Å². The number of nitrogens with one attached hydrogen (secondary N) is 1. The minimum atomic E-state index is -3.61. The Morgan fingerprint density at radius 3 is 2.45 bits per heavy atom. The van der Waals surface area contributed by atoms with E-state index in [0.29, 0.717) is 31.8 Å². The largest absolute Gasteiger partial charge is 0.353 e. The molecule has 29 heavy (non-hydrogen) atoms. The van der Waals surface area contributed by atoms with Crippen LogP contribution in [0.4, 0.5) is 0 Å². The van der Waals surface area contributed by atoms with Gasteiger partial charge in [0.2, 0.25) is 5.91 Å². The Morgan fingerprint density at radius 2 is 1.90 bits per heavy atom. The van der Waals surface area contributed by atoms with Gasteiger partial charge < -0.3 is 9.88 Å². The van der Waals surface area contributed by atoms with Crippen LogP contribution < -0.4 is 5.32 Å². The molecule has 2 heterocycles. The number of carbonyl (C=O) groups is 1. The van der Waals surface area contributed by atoms with Gasteiger partial charge in [0, 0.05) is 42.8 Å². The molecule has 3 rings (SSSR count). The third-order valence-corrected chi connectivity index (χ3v) is 7.66. The monoisotopic (exact) mass is 482 g/mol. The van der Waals surface area contributed by atoms with Crippen LogP contribution in [0.5, 0.6) is 0 Å². The van der Waals surface area contributed by atoms with Crippen molar-refractivity contribution in [3.8, 4) is 0 Å². The second-order valence-electron chi connectivity index (χ2n) is 7.66. The molecule has 1 N–H and O–H groups in total. The molecule has 0 aliphatic carbocycles. The van der Waals surface area contributed by atoms with Crippen molar-refractivity contribution in [3.63, 3.8) is 0 Å². The third-order valence-electron chi connectivity index (χ3n) is 5.36. The number of aromatic nitrogens is 2. The van der Waals surface area contributed by atoms with Crippen molar-refractivity contribution in [2.24, 2.45) is 13.0 Å². The highest BCUT2D eigenvalue weighted by atomic mass is 79.9. The van der Waals surface area contributed by atoms with E-state index in [1.165, 1.54) is 10.5 Å². The minimum Gasteiger partial charge on any atom is -0.353 e. The predicted molar refractivity (Wildman–Crippen MR) is 115 cm³/mol. The van der Waals surface area contributed by atoms with Crippen LogP contribution in [-0.4, -0.2) is 47.3 Å². The van der Waals surface area contributed by atoms with Crippen molar-refractivity contribution in [2.75, 3.05) is 13.1 Å². The number of rotatable bonds is 6. The molecule has 1 saturated heterocycles. The fourth-order valence-corrected chi connectivity index (χ4v) is 5.29. The molecule has 2 aromatic rings. The van der Waals surface area contributed by atoms with E-state index in [9.17, 15) is 13.2 Å². The molecule has 1 aromatic heterocycles. The number of hydrogen-bond acceptors (Lipinski definition) is 4. The Hall–Kier alpha value is -1.71. The Bertz CT molecular complexity index is 945. The van der Waals surface area contributed by atoms with E-state index in [1.807, 2.05) is 31.2 Å². The van der Waals surface area contributed by atoms with E-state index >= 15 is 0 Å². The summed E-state index contributed by atoms with van der Waals surface area (Å²) in [6, 6.07) is 8.07. The summed E-state index contributed by atoms with van der Waals surface area (Å²) in [5.74, 6) is 0.484. The SMILES string of the molecule is Cc1nc(S(=O)(=O)N2CCC(C(=O)NC(C)Cc3ccc(Br)cc3)CC2)cn1C. The van der Waals surface area contributed by atoms with Crippen molar-refractivity contribution in [3.05, 3.63) is 46.3 Å². The van der Waals surface area contributed by atoms with Crippen LogP contribution in [0.2, 0.25) is 0 Å². The molecule has 0 bridgehead atoms. The van der Waals surface area contributed by atoms with Crippen LogP contribution in [0.1, 0.15) is 31.2 Å². The highest BCUT2D eigenvalue weighted by Crippen LogP contribution is 2.24. The minimum absolute atomic E-state index is 0.000315. The maximum Gasteiger partial charge on any atom is 0.262 e. The summed E-state index contributed by atoms with van der Waals surface area (Å²) < 4.78 is 29.7. The average molecular weight is 483 g/mol. The second-order valence-corrected chi connectivity index (χ2v) is 10.5. The van der Waals surface area contributed by atoms with Gasteiger partial charge in [0.1, 0.15) is 5.82 Å². The number of halogens is 1. The summed E-state index contributed by atoms with van der Waals surface area (Å²) in [6.45, 7) is 4.42. The van der Waals surface area contributed by atoms with Crippen LogP contribution in [0.25, 0.3) is 0 Å². The third kappa shape index (κ3) is 5.26. The quantitative estimate of drug-likeness (QED) is 0.685. The first kappa shape index (κ1) is 22.0. The summed E-state index contributed by atoms with van der Waals surface area (Å²) >= 11 is 3.42. The summed E-state index contributed by atoms with van der Waals surface area (Å²) in [4.78, 5) is 16.8. The first-order chi connectivity index (χ1) is 13.7. The zero-order valence-corrected chi connectivity index (χ0v) is 19.3. The molecule has 1 aromatic carbocycles. The number of carbonyl (C=O) groups excluding carboxylic acids is 1. The van der Waals surface area contributed by atoms with Gasteiger partial charge in [-0.1, -0.05) is 28.1 Å². The van der Waals surface area contributed by atoms with Gasteiger partial charge in [-0.3, -0.25) is 4.79 Å². The lowest BCUT2D eigenvalue weighted by molar-refractivity contribution is -0.126. The van der Waals surface area contributed by atoms with Crippen molar-refractivity contribution in [1.29, 1.82) is 0 Å². The van der Waals surface area contributed by atoms with Gasteiger partial charge in [-0.05, 0) is 50.8 Å². The summed E-state index contributed by atoms with van der Waals surface area (Å²) in [7, 11) is -1.84. The molecule has 7 nitrogen and oxygen atoms in total. The number of amides is 1. The zero-order chi connectivity index (χ0) is 21.2. The van der Waals surface area contributed by atoms with Crippen molar-refractivity contribution >= 4 is 31.9 Å². The van der Waals surface area contributed by atoms with Crippen molar-refractivity contribution < 1.29 is 13.2 Å². The van der Waals surface area contributed by atoms with Crippen LogP contribution in [0, 0.1) is 12.8 Å². The standard InChI is InChI=1S/C20H27BrN4O3S/c1-14(12-16-4-6-18(21)7-5-16)22-20(26)17-8-10-25(11-9-17)29(27,28)19-13-24(3)15(2)23-19/h4-7,13-14,17H,8-12H2,1-3H3,(H,22,26). The predicted octanol–water partition coefficient (Wildman–Crippen LogP) is 2.64. The molecule has 0 spiro atoms. The van der Waals surface area contributed by atoms with E-state index in [1.54, 1.807) is 18.5 Å². The number of sulfonamides is 1. The molecular weight excluding hydrogens is 456 g/mol. The molecule has 0 saturated carbocycles. The second kappa shape index (κ2) is 8.97.